The van der Waals surface area contributed by atoms with Gasteiger partial charge in [-0.3, -0.25) is 4.79 Å². The van der Waals surface area contributed by atoms with E-state index in [1.165, 1.54) is 12.1 Å². The second-order valence-corrected chi connectivity index (χ2v) is 1.60. The monoisotopic (exact) mass is 434 g/mol. The second-order valence-electron chi connectivity index (χ2n) is 1.60. The third kappa shape index (κ3) is 98.4. The molecule has 1 aromatic rings. The minimum Gasteiger partial charge on any atom is -0.665 e. The zero-order chi connectivity index (χ0) is 15.9. The van der Waals surface area contributed by atoms with E-state index in [2.05, 4.69) is 4.98 Å². The van der Waals surface area contributed by atoms with Crippen molar-refractivity contribution in [2.45, 2.75) is 0 Å². The molecular weight excluding hydrogens is 425 g/mol. The van der Waals surface area contributed by atoms with Crippen LogP contribution >= 0.6 is 0 Å². The Balaban J connectivity index is -0.0000000505. The first-order valence-corrected chi connectivity index (χ1v) is 3.74. The summed E-state index contributed by atoms with van der Waals surface area (Å²) >= 11 is 0. The van der Waals surface area contributed by atoms with Crippen LogP contribution in [0.15, 0.2) is 29.3 Å². The molecule has 11 heteroatoms. The average Bonchev–Trinajstić information content (AvgIpc) is 2.34. The van der Waals surface area contributed by atoms with Crippen molar-refractivity contribution in [1.29, 1.82) is 0 Å². The Morgan fingerprint density at radius 1 is 0.750 bits per heavy atom. The molecule has 0 aliphatic heterocycles. The van der Waals surface area contributed by atoms with E-state index in [4.69, 9.17) is 39.6 Å². The summed E-state index contributed by atoms with van der Waals surface area (Å²) in [6, 6.07) is 2.94. The molecule has 0 aliphatic carbocycles. The molecule has 20 heavy (non-hydrogen) atoms. The van der Waals surface area contributed by atoms with Crippen LogP contribution in [0.25, 0.3) is 0 Å². The summed E-state index contributed by atoms with van der Waals surface area (Å²) in [7, 11) is 0. The van der Waals surface area contributed by atoms with Crippen LogP contribution in [0.1, 0.15) is 0 Å². The van der Waals surface area contributed by atoms with Crippen molar-refractivity contribution >= 4 is 25.9 Å². The first-order valence-electron chi connectivity index (χ1n) is 3.74. The van der Waals surface area contributed by atoms with Crippen molar-refractivity contribution < 1.29 is 78.2 Å². The maximum Gasteiger partial charge on any atom is 4.00 e. The molecule has 0 bridgehead atoms. The van der Waals surface area contributed by atoms with Crippen molar-refractivity contribution in [3.63, 3.8) is 0 Å². The molecule has 10 nitrogen and oxygen atoms in total. The normalized spacial score (nSPS) is 5.40. The number of aliphatic hydroxyl groups excluding tert-OH is 4. The van der Waals surface area contributed by atoms with Crippen LogP contribution in [-0.4, -0.2) is 51.3 Å². The van der Waals surface area contributed by atoms with Gasteiger partial charge in [-0.15, -0.1) is 0 Å². The van der Waals surface area contributed by atoms with Crippen molar-refractivity contribution in [2.75, 3.05) is 0 Å². The summed E-state index contributed by atoms with van der Waals surface area (Å²) in [5.74, 6) is 0. The summed E-state index contributed by atoms with van der Waals surface area (Å²) in [6.07, 6.45) is 3.20. The summed E-state index contributed by atoms with van der Waals surface area (Å²) in [5, 5.41) is 27.1. The molecule has 0 amide bonds. The Kier molecular flexibility index (Phi) is 67.0. The maximum absolute atomic E-state index is 10.2. The Hall–Kier alpha value is -1.88. The van der Waals surface area contributed by atoms with E-state index in [0.717, 1.165) is 0 Å². The van der Waals surface area contributed by atoms with Gasteiger partial charge in [0.1, 0.15) is 0 Å². The van der Waals surface area contributed by atoms with Gasteiger partial charge in [-0.2, -0.15) is 0 Å². The minimum atomic E-state index is 0. The first-order chi connectivity index (χ1) is 9.05. The molecular formula is C9H9NO9Tb. The van der Waals surface area contributed by atoms with Gasteiger partial charge in [-0.25, -0.2) is 0 Å². The number of hydrogen-bond donors (Lipinski definition) is 5. The number of pyridine rings is 1. The Bertz CT molecular complexity index is 314. The van der Waals surface area contributed by atoms with Gasteiger partial charge in [0.25, 0.3) is 0 Å². The Morgan fingerprint density at radius 3 is 1.05 bits per heavy atom. The second kappa shape index (κ2) is 43.4. The number of aromatic amines is 1. The van der Waals surface area contributed by atoms with Crippen LogP contribution < -0.4 is 5.43 Å². The van der Waals surface area contributed by atoms with Gasteiger partial charge in [-0.1, -0.05) is 25.9 Å². The van der Waals surface area contributed by atoms with Crippen LogP contribution in [0.5, 0.6) is 0 Å². The SMILES string of the molecule is O=[C-]O.O=[C-]O.O=[C-]O.O=[C-]O.O=c1cc[nH]cc1.[Tb+4]. The predicted molar refractivity (Wildman–Crippen MR) is 60.4 cm³/mol. The van der Waals surface area contributed by atoms with Crippen LogP contribution in [-0.2, 0) is 19.2 Å². The van der Waals surface area contributed by atoms with E-state index >= 15 is 0 Å². The van der Waals surface area contributed by atoms with Crippen molar-refractivity contribution in [2.24, 2.45) is 0 Å². The van der Waals surface area contributed by atoms with E-state index < -0.39 is 0 Å². The summed E-state index contributed by atoms with van der Waals surface area (Å²) in [4.78, 5) is 45.9. The first kappa shape index (κ1) is 30.9. The molecule has 5 N–H and O–H groups in total. The smallest absolute Gasteiger partial charge is 0.665 e. The zero-order valence-electron chi connectivity index (χ0n) is 9.47. The van der Waals surface area contributed by atoms with Crippen molar-refractivity contribution in [3.05, 3.63) is 34.7 Å². The number of hydrogen-bond acceptors (Lipinski definition) is 5. The molecule has 0 unspecified atom stereocenters. The quantitative estimate of drug-likeness (QED) is 0.314. The molecule has 1 rings (SSSR count). The van der Waals surface area contributed by atoms with Gasteiger partial charge in [0.2, 0.25) is 0 Å². The fraction of sp³-hybridized carbons (Fsp3) is 0. The molecule has 0 saturated carbocycles. The fourth-order valence-electron chi connectivity index (χ4n) is 0.372. The Morgan fingerprint density at radius 2 is 0.950 bits per heavy atom. The van der Waals surface area contributed by atoms with Gasteiger partial charge in [0.05, 0.1) is 0 Å². The van der Waals surface area contributed by atoms with Crippen LogP contribution in [0.4, 0.5) is 0 Å². The zero-order valence-corrected chi connectivity index (χ0v) is 11.6. The van der Waals surface area contributed by atoms with Gasteiger partial charge in [-0.05, 0) is 0 Å². The fourth-order valence-corrected chi connectivity index (χ4v) is 0.372. The molecule has 113 valence electrons. The molecule has 0 fully saturated rings. The van der Waals surface area contributed by atoms with Gasteiger partial charge < -0.3 is 44.6 Å². The third-order valence-corrected chi connectivity index (χ3v) is 0.688. The molecule has 0 spiro atoms. The molecule has 0 aromatic carbocycles. The van der Waals surface area contributed by atoms with Crippen LogP contribution in [0.3, 0.4) is 0 Å². The van der Waals surface area contributed by atoms with E-state index in [-0.39, 0.29) is 44.0 Å². The molecule has 0 atom stereocenters. The number of H-pyrrole nitrogens is 1. The van der Waals surface area contributed by atoms with E-state index in [9.17, 15) is 4.79 Å². The van der Waals surface area contributed by atoms with Gasteiger partial charge in [0, 0.05) is 24.5 Å². The third-order valence-electron chi connectivity index (χ3n) is 0.688. The molecule has 1 radical (unpaired) electrons. The van der Waals surface area contributed by atoms with Crippen molar-refractivity contribution in [1.82, 2.24) is 4.98 Å². The van der Waals surface area contributed by atoms with E-state index in [1.807, 2.05) is 0 Å². The van der Waals surface area contributed by atoms with E-state index in [1.54, 1.807) is 12.4 Å². The largest absolute Gasteiger partial charge is 4.00 e. The molecule has 1 aromatic heterocycles. The van der Waals surface area contributed by atoms with Crippen LogP contribution in [0, 0.1) is 38.6 Å². The van der Waals surface area contributed by atoms with Crippen molar-refractivity contribution in [3.8, 4) is 0 Å². The Labute approximate surface area is 143 Å². The number of rotatable bonds is 0. The molecule has 1 heterocycles. The topological polar surface area (TPSA) is 182 Å². The summed E-state index contributed by atoms with van der Waals surface area (Å²) in [6.45, 7) is 2.00. The molecule has 0 aliphatic rings. The minimum absolute atomic E-state index is 0. The summed E-state index contributed by atoms with van der Waals surface area (Å²) in [5.41, 5.74) is 0.0405. The summed E-state index contributed by atoms with van der Waals surface area (Å²) < 4.78 is 0. The average molecular weight is 434 g/mol. The maximum atomic E-state index is 10.2. The van der Waals surface area contributed by atoms with E-state index in [0.29, 0.717) is 25.9 Å². The standard InChI is InChI=1S/C5H5NO.4CHO2.Tb/c7-5-1-3-6-4-2-5;4*2-1-3;/h1-4H,(H,6,7);4*(H,2,3);/q;4*-1;+4. The number of aromatic nitrogens is 1. The van der Waals surface area contributed by atoms with Gasteiger partial charge >= 0.3 is 38.6 Å². The van der Waals surface area contributed by atoms with Crippen LogP contribution in [0.2, 0.25) is 0 Å². The molecule has 0 saturated heterocycles. The number of nitrogens with one attached hydrogen (secondary N) is 1. The predicted octanol–water partition coefficient (Wildman–Crippen LogP) is -1.18. The van der Waals surface area contributed by atoms with Gasteiger partial charge in [0.15, 0.2) is 5.43 Å².